The van der Waals surface area contributed by atoms with Crippen LogP contribution in [0.1, 0.15) is 57.3 Å². The summed E-state index contributed by atoms with van der Waals surface area (Å²) in [6, 6.07) is 14.6. The van der Waals surface area contributed by atoms with E-state index in [0.29, 0.717) is 17.2 Å². The molecule has 1 unspecified atom stereocenters. The molecule has 1 saturated heterocycles. The molecule has 2 aromatic carbocycles. The first-order valence-electron chi connectivity index (χ1n) is 10.7. The fraction of sp³-hybridized carbons (Fsp3) is 0.280. The minimum Gasteiger partial charge on any atom is -0.366 e. The lowest BCUT2D eigenvalue weighted by atomic mass is 9.93. The normalized spacial score (nSPS) is 17.2. The molecule has 0 bridgehead atoms. The fourth-order valence-electron chi connectivity index (χ4n) is 4.44. The summed E-state index contributed by atoms with van der Waals surface area (Å²) in [5, 5.41) is 0. The monoisotopic (exact) mass is 412 g/mol. The molecular weight excluding hydrogens is 388 g/mol. The highest BCUT2D eigenvalue weighted by atomic mass is 16.1. The second kappa shape index (κ2) is 7.61. The van der Waals surface area contributed by atoms with Crippen LogP contribution >= 0.6 is 0 Å². The molecule has 2 N–H and O–H groups in total. The zero-order valence-electron chi connectivity index (χ0n) is 17.5. The van der Waals surface area contributed by atoms with Gasteiger partial charge in [0.25, 0.3) is 0 Å². The number of primary amides is 1. The van der Waals surface area contributed by atoms with Crippen molar-refractivity contribution < 1.29 is 9.59 Å². The molecule has 1 aliphatic carbocycles. The number of carbonyl (C=O) groups is 2. The van der Waals surface area contributed by atoms with Crippen molar-refractivity contribution in [2.45, 2.75) is 38.6 Å². The number of aryl methyl sites for hydroxylation is 1. The summed E-state index contributed by atoms with van der Waals surface area (Å²) in [6.45, 7) is 3.13. The van der Waals surface area contributed by atoms with E-state index in [1.807, 2.05) is 12.1 Å². The summed E-state index contributed by atoms with van der Waals surface area (Å²) in [7, 11) is 0. The molecule has 1 fully saturated rings. The second-order valence-corrected chi connectivity index (χ2v) is 8.30. The summed E-state index contributed by atoms with van der Waals surface area (Å²) < 4.78 is 0. The largest absolute Gasteiger partial charge is 0.366 e. The van der Waals surface area contributed by atoms with Crippen molar-refractivity contribution in [3.8, 4) is 11.3 Å². The van der Waals surface area contributed by atoms with Gasteiger partial charge in [-0.2, -0.15) is 0 Å². The van der Waals surface area contributed by atoms with Crippen LogP contribution in [-0.4, -0.2) is 34.2 Å². The molecule has 5 rings (SSSR count). The average molecular weight is 412 g/mol. The van der Waals surface area contributed by atoms with Crippen LogP contribution in [0.3, 0.4) is 0 Å². The predicted molar refractivity (Wildman–Crippen MR) is 119 cm³/mol. The zero-order chi connectivity index (χ0) is 21.5. The van der Waals surface area contributed by atoms with Gasteiger partial charge in [0.05, 0.1) is 11.3 Å². The molecular formula is C25H24N4O2. The number of aromatic nitrogens is 2. The number of hydrogen-bond donors (Lipinski definition) is 1. The minimum atomic E-state index is -0.617. The Labute approximate surface area is 181 Å². The molecule has 6 nitrogen and oxygen atoms in total. The number of nitrogens with zero attached hydrogens (tertiary/aromatic N) is 3. The fourth-order valence-corrected chi connectivity index (χ4v) is 4.44. The molecule has 1 atom stereocenters. The van der Waals surface area contributed by atoms with E-state index in [-0.39, 0.29) is 11.3 Å². The highest BCUT2D eigenvalue weighted by Crippen LogP contribution is 2.35. The van der Waals surface area contributed by atoms with Crippen LogP contribution in [0.4, 0.5) is 5.95 Å². The van der Waals surface area contributed by atoms with Crippen molar-refractivity contribution >= 4 is 17.6 Å². The van der Waals surface area contributed by atoms with Gasteiger partial charge in [-0.05, 0) is 44.7 Å². The number of nitrogens with two attached hydrogens (primary N) is 1. The molecule has 31 heavy (non-hydrogen) atoms. The molecule has 0 saturated carbocycles. The maximum atomic E-state index is 13.2. The summed E-state index contributed by atoms with van der Waals surface area (Å²) in [5.74, 6) is -0.0864. The number of anilines is 1. The summed E-state index contributed by atoms with van der Waals surface area (Å²) >= 11 is 0. The first-order chi connectivity index (χ1) is 15.0. The molecule has 6 heteroatoms. The maximum Gasteiger partial charge on any atom is 0.249 e. The predicted octanol–water partition coefficient (Wildman–Crippen LogP) is 3.56. The summed E-state index contributed by atoms with van der Waals surface area (Å²) in [6.07, 6.45) is 4.04. The number of ketones is 1. The van der Waals surface area contributed by atoms with Crippen molar-refractivity contribution in [1.82, 2.24) is 9.97 Å². The first-order valence-corrected chi connectivity index (χ1v) is 10.7. The van der Waals surface area contributed by atoms with Crippen LogP contribution in [0, 0.1) is 0 Å². The van der Waals surface area contributed by atoms with E-state index < -0.39 is 5.91 Å². The van der Waals surface area contributed by atoms with Crippen molar-refractivity contribution in [3.63, 3.8) is 0 Å². The van der Waals surface area contributed by atoms with Gasteiger partial charge in [0, 0.05) is 40.5 Å². The van der Waals surface area contributed by atoms with Gasteiger partial charge in [-0.3, -0.25) is 9.59 Å². The molecule has 3 aromatic rings. The third kappa shape index (κ3) is 3.38. The van der Waals surface area contributed by atoms with E-state index in [4.69, 9.17) is 15.7 Å². The second-order valence-electron chi connectivity index (χ2n) is 8.30. The Morgan fingerprint density at radius 3 is 2.52 bits per heavy atom. The Morgan fingerprint density at radius 2 is 1.84 bits per heavy atom. The Morgan fingerprint density at radius 1 is 1.03 bits per heavy atom. The molecule has 2 aliphatic rings. The van der Waals surface area contributed by atoms with Gasteiger partial charge in [0.15, 0.2) is 5.78 Å². The standard InChI is InChI=1S/C25H24N4O2/c1-15-12-13-29(15)25-27-21-9-5-8-19(21)22(28-25)17-10-11-18(24(26)31)20(14-17)23(30)16-6-3-2-4-7-16/h2-4,6-7,10-11,14-15H,5,8-9,12-13H2,1H3,(H2,26,31). The first kappa shape index (κ1) is 19.4. The van der Waals surface area contributed by atoms with E-state index in [1.165, 1.54) is 0 Å². The van der Waals surface area contributed by atoms with Crippen molar-refractivity contribution in [3.05, 3.63) is 76.5 Å². The minimum absolute atomic E-state index is 0.222. The van der Waals surface area contributed by atoms with E-state index in [1.54, 1.807) is 36.4 Å². The van der Waals surface area contributed by atoms with Gasteiger partial charge < -0.3 is 10.6 Å². The number of carbonyl (C=O) groups excluding carboxylic acids is 2. The average Bonchev–Trinajstić information content (AvgIpc) is 3.26. The Bertz CT molecular complexity index is 1190. The van der Waals surface area contributed by atoms with Crippen molar-refractivity contribution in [1.29, 1.82) is 0 Å². The maximum absolute atomic E-state index is 13.2. The van der Waals surface area contributed by atoms with E-state index in [2.05, 4.69) is 11.8 Å². The molecule has 1 aromatic heterocycles. The highest BCUT2D eigenvalue weighted by Gasteiger charge is 2.29. The van der Waals surface area contributed by atoms with E-state index in [0.717, 1.165) is 60.7 Å². The number of fused-ring (bicyclic) bond motifs is 1. The van der Waals surface area contributed by atoms with Crippen molar-refractivity contribution in [2.75, 3.05) is 11.4 Å². The van der Waals surface area contributed by atoms with Gasteiger partial charge in [-0.1, -0.05) is 36.4 Å². The lowest BCUT2D eigenvalue weighted by Gasteiger charge is -2.39. The van der Waals surface area contributed by atoms with E-state index >= 15 is 0 Å². The van der Waals surface area contributed by atoms with Crippen LogP contribution < -0.4 is 10.6 Å². The molecule has 2 heterocycles. The lowest BCUT2D eigenvalue weighted by Crippen LogP contribution is -2.46. The van der Waals surface area contributed by atoms with Gasteiger partial charge in [0.2, 0.25) is 11.9 Å². The lowest BCUT2D eigenvalue weighted by molar-refractivity contribution is 0.0981. The molecule has 1 amide bonds. The Balaban J connectivity index is 1.65. The van der Waals surface area contributed by atoms with Gasteiger partial charge in [-0.25, -0.2) is 9.97 Å². The van der Waals surface area contributed by atoms with Crippen LogP contribution in [0.15, 0.2) is 48.5 Å². The molecule has 1 aliphatic heterocycles. The zero-order valence-corrected chi connectivity index (χ0v) is 17.5. The smallest absolute Gasteiger partial charge is 0.249 e. The van der Waals surface area contributed by atoms with Crippen LogP contribution in [-0.2, 0) is 12.8 Å². The SMILES string of the molecule is CC1CCN1c1nc2c(c(-c3ccc(C(N)=O)c(C(=O)c4ccccc4)c3)n1)CCC2. The van der Waals surface area contributed by atoms with Gasteiger partial charge in [-0.15, -0.1) is 0 Å². The van der Waals surface area contributed by atoms with Gasteiger partial charge >= 0.3 is 0 Å². The number of benzene rings is 2. The Hall–Kier alpha value is -3.54. The Kier molecular flexibility index (Phi) is 4.77. The quantitative estimate of drug-likeness (QED) is 0.647. The molecule has 0 spiro atoms. The topological polar surface area (TPSA) is 89.2 Å². The van der Waals surface area contributed by atoms with Gasteiger partial charge in [0.1, 0.15) is 0 Å². The summed E-state index contributed by atoms with van der Waals surface area (Å²) in [4.78, 5) is 37.2. The van der Waals surface area contributed by atoms with Crippen LogP contribution in [0.2, 0.25) is 0 Å². The molecule has 156 valence electrons. The van der Waals surface area contributed by atoms with Crippen molar-refractivity contribution in [2.24, 2.45) is 5.73 Å². The summed E-state index contributed by atoms with van der Waals surface area (Å²) in [5.41, 5.74) is 10.5. The molecule has 0 radical (unpaired) electrons. The highest BCUT2D eigenvalue weighted by molar-refractivity contribution is 6.15. The number of amides is 1. The van der Waals surface area contributed by atoms with Crippen LogP contribution in [0.5, 0.6) is 0 Å². The third-order valence-electron chi connectivity index (χ3n) is 6.34. The van der Waals surface area contributed by atoms with E-state index in [9.17, 15) is 9.59 Å². The number of rotatable bonds is 5. The number of hydrogen-bond acceptors (Lipinski definition) is 5. The van der Waals surface area contributed by atoms with Crippen LogP contribution in [0.25, 0.3) is 11.3 Å². The third-order valence-corrected chi connectivity index (χ3v) is 6.34.